The van der Waals surface area contributed by atoms with Crippen molar-refractivity contribution in [3.05, 3.63) is 69.7 Å². The lowest BCUT2D eigenvalue weighted by molar-refractivity contribution is -0.132. The lowest BCUT2D eigenvalue weighted by Gasteiger charge is -2.35. The first-order valence-corrected chi connectivity index (χ1v) is 12.2. The Morgan fingerprint density at radius 1 is 0.941 bits per heavy atom. The molecule has 1 fully saturated rings. The van der Waals surface area contributed by atoms with Gasteiger partial charge in [-0.3, -0.25) is 9.69 Å². The van der Waals surface area contributed by atoms with Crippen molar-refractivity contribution in [3.63, 3.8) is 0 Å². The minimum Gasteiger partial charge on any atom is -0.493 e. The van der Waals surface area contributed by atoms with Crippen LogP contribution in [-0.4, -0.2) is 68.2 Å². The van der Waals surface area contributed by atoms with E-state index in [1.54, 1.807) is 32.7 Å². The lowest BCUT2D eigenvalue weighted by atomic mass is 10.1. The number of methoxy groups -OCH3 is 3. The molecular formula is C26H31N3O4S. The number of ether oxygens (including phenoxy) is 3. The van der Waals surface area contributed by atoms with Gasteiger partial charge in [-0.25, -0.2) is 4.98 Å². The van der Waals surface area contributed by atoms with Crippen LogP contribution in [0.25, 0.3) is 0 Å². The van der Waals surface area contributed by atoms with E-state index in [4.69, 9.17) is 14.2 Å². The molecule has 4 rings (SSSR count). The summed E-state index contributed by atoms with van der Waals surface area (Å²) < 4.78 is 16.5. The Hall–Kier alpha value is -3.10. The maximum atomic E-state index is 12.9. The molecule has 0 atom stereocenters. The van der Waals surface area contributed by atoms with Gasteiger partial charge in [-0.15, -0.1) is 11.3 Å². The SMILES string of the molecule is COc1ccc(CN2CCN(C(=O)Cc3csc(Cc4ccccc4)n3)CC2)c(OC)c1OC. The number of carbonyl (C=O) groups is 1. The molecule has 180 valence electrons. The summed E-state index contributed by atoms with van der Waals surface area (Å²) >= 11 is 1.62. The van der Waals surface area contributed by atoms with Gasteiger partial charge in [0.1, 0.15) is 0 Å². The van der Waals surface area contributed by atoms with Crippen molar-refractivity contribution >= 4 is 17.2 Å². The van der Waals surface area contributed by atoms with Gasteiger partial charge in [0.15, 0.2) is 11.5 Å². The molecule has 1 aliphatic heterocycles. The fourth-order valence-corrected chi connectivity index (χ4v) is 5.06. The molecule has 2 aromatic carbocycles. The monoisotopic (exact) mass is 481 g/mol. The third-order valence-corrected chi connectivity index (χ3v) is 6.93. The highest BCUT2D eigenvalue weighted by Crippen LogP contribution is 2.40. The molecule has 3 aromatic rings. The zero-order valence-electron chi connectivity index (χ0n) is 20.0. The van der Waals surface area contributed by atoms with Gasteiger partial charge < -0.3 is 19.1 Å². The Kier molecular flexibility index (Phi) is 8.03. The van der Waals surface area contributed by atoms with Crippen LogP contribution in [0.2, 0.25) is 0 Å². The van der Waals surface area contributed by atoms with E-state index < -0.39 is 0 Å². The highest BCUT2D eigenvalue weighted by Gasteiger charge is 2.24. The second kappa shape index (κ2) is 11.4. The molecule has 1 amide bonds. The third-order valence-electron chi connectivity index (χ3n) is 6.03. The van der Waals surface area contributed by atoms with Crippen LogP contribution in [0, 0.1) is 0 Å². The molecule has 1 aromatic heterocycles. The van der Waals surface area contributed by atoms with Gasteiger partial charge in [-0.05, 0) is 11.6 Å². The topological polar surface area (TPSA) is 64.1 Å². The first-order chi connectivity index (χ1) is 16.6. The van der Waals surface area contributed by atoms with Gasteiger partial charge in [0.2, 0.25) is 11.7 Å². The summed E-state index contributed by atoms with van der Waals surface area (Å²) in [6.45, 7) is 3.74. The van der Waals surface area contributed by atoms with Crippen LogP contribution >= 0.6 is 11.3 Å². The second-order valence-electron chi connectivity index (χ2n) is 8.22. The van der Waals surface area contributed by atoms with Crippen LogP contribution in [0.1, 0.15) is 21.8 Å². The number of carbonyl (C=O) groups excluding carboxylic acids is 1. The van der Waals surface area contributed by atoms with Crippen molar-refractivity contribution in [3.8, 4) is 17.2 Å². The van der Waals surface area contributed by atoms with Crippen molar-refractivity contribution in [2.45, 2.75) is 19.4 Å². The number of nitrogens with zero attached hydrogens (tertiary/aromatic N) is 3. The van der Waals surface area contributed by atoms with E-state index in [0.29, 0.717) is 36.8 Å². The standard InChI is InChI=1S/C26H31N3O4S/c1-31-22-10-9-20(25(32-2)26(22)33-3)17-28-11-13-29(14-12-28)24(30)16-21-18-34-23(27-21)15-19-7-5-4-6-8-19/h4-10,18H,11-17H2,1-3H3. The van der Waals surface area contributed by atoms with E-state index in [0.717, 1.165) is 42.3 Å². The van der Waals surface area contributed by atoms with Crippen LogP contribution in [0.5, 0.6) is 17.2 Å². The number of piperazine rings is 1. The number of thiazole rings is 1. The molecule has 0 aliphatic carbocycles. The van der Waals surface area contributed by atoms with Crippen LogP contribution in [-0.2, 0) is 24.2 Å². The van der Waals surface area contributed by atoms with Gasteiger partial charge in [-0.2, -0.15) is 0 Å². The van der Waals surface area contributed by atoms with Crippen molar-refractivity contribution in [2.24, 2.45) is 0 Å². The normalized spacial score (nSPS) is 14.1. The van der Waals surface area contributed by atoms with Crippen LogP contribution in [0.3, 0.4) is 0 Å². The van der Waals surface area contributed by atoms with E-state index in [1.807, 2.05) is 40.6 Å². The molecule has 0 bridgehead atoms. The smallest absolute Gasteiger partial charge is 0.228 e. The molecule has 2 heterocycles. The van der Waals surface area contributed by atoms with E-state index >= 15 is 0 Å². The molecule has 0 saturated carbocycles. The summed E-state index contributed by atoms with van der Waals surface area (Å²) in [6, 6.07) is 14.2. The Labute approximate surface area is 204 Å². The molecule has 0 N–H and O–H groups in total. The Morgan fingerprint density at radius 2 is 1.68 bits per heavy atom. The van der Waals surface area contributed by atoms with Crippen molar-refractivity contribution < 1.29 is 19.0 Å². The fourth-order valence-electron chi connectivity index (χ4n) is 4.23. The van der Waals surface area contributed by atoms with Gasteiger partial charge >= 0.3 is 0 Å². The minimum atomic E-state index is 0.139. The highest BCUT2D eigenvalue weighted by atomic mass is 32.1. The number of benzene rings is 2. The molecular weight excluding hydrogens is 450 g/mol. The summed E-state index contributed by atoms with van der Waals surface area (Å²) in [5.41, 5.74) is 3.13. The Bertz CT molecular complexity index is 1090. The zero-order chi connectivity index (χ0) is 23.9. The first kappa shape index (κ1) is 24.0. The van der Waals surface area contributed by atoms with E-state index in [9.17, 15) is 4.79 Å². The predicted molar refractivity (Wildman–Crippen MR) is 133 cm³/mol. The minimum absolute atomic E-state index is 0.139. The third kappa shape index (κ3) is 5.69. The van der Waals surface area contributed by atoms with Crippen LogP contribution in [0.15, 0.2) is 47.8 Å². The molecule has 0 unspecified atom stereocenters. The summed E-state index contributed by atoms with van der Waals surface area (Å²) in [5.74, 6) is 2.08. The van der Waals surface area contributed by atoms with Gasteiger partial charge in [0.05, 0.1) is 38.5 Å². The molecule has 1 aliphatic rings. The second-order valence-corrected chi connectivity index (χ2v) is 9.16. The number of aromatic nitrogens is 1. The Balaban J connectivity index is 1.30. The van der Waals surface area contributed by atoms with Gasteiger partial charge in [0, 0.05) is 50.1 Å². The highest BCUT2D eigenvalue weighted by molar-refractivity contribution is 7.09. The number of rotatable bonds is 9. The van der Waals surface area contributed by atoms with E-state index in [1.165, 1.54) is 5.56 Å². The van der Waals surface area contributed by atoms with E-state index in [-0.39, 0.29) is 5.91 Å². The molecule has 7 nitrogen and oxygen atoms in total. The quantitative estimate of drug-likeness (QED) is 0.465. The van der Waals surface area contributed by atoms with Crippen molar-refractivity contribution in [1.82, 2.24) is 14.8 Å². The molecule has 0 spiro atoms. The lowest BCUT2D eigenvalue weighted by Crippen LogP contribution is -2.48. The van der Waals surface area contributed by atoms with Crippen LogP contribution < -0.4 is 14.2 Å². The molecule has 1 saturated heterocycles. The van der Waals surface area contributed by atoms with Gasteiger partial charge in [0.25, 0.3) is 0 Å². The molecule has 8 heteroatoms. The first-order valence-electron chi connectivity index (χ1n) is 11.4. The zero-order valence-corrected chi connectivity index (χ0v) is 20.8. The van der Waals surface area contributed by atoms with E-state index in [2.05, 4.69) is 22.0 Å². The molecule has 0 radical (unpaired) electrons. The number of hydrogen-bond donors (Lipinski definition) is 0. The fraction of sp³-hybridized carbons (Fsp3) is 0.385. The maximum Gasteiger partial charge on any atom is 0.228 e. The van der Waals surface area contributed by atoms with Gasteiger partial charge in [-0.1, -0.05) is 36.4 Å². The summed E-state index contributed by atoms with van der Waals surface area (Å²) in [5, 5.41) is 3.05. The number of amides is 1. The number of hydrogen-bond acceptors (Lipinski definition) is 7. The average Bonchev–Trinajstić information content (AvgIpc) is 3.31. The Morgan fingerprint density at radius 3 is 2.35 bits per heavy atom. The van der Waals surface area contributed by atoms with Crippen LogP contribution in [0.4, 0.5) is 0 Å². The average molecular weight is 482 g/mol. The summed E-state index contributed by atoms with van der Waals surface area (Å²) in [7, 11) is 4.87. The molecule has 34 heavy (non-hydrogen) atoms. The van der Waals surface area contributed by atoms with Crippen molar-refractivity contribution in [2.75, 3.05) is 47.5 Å². The summed E-state index contributed by atoms with van der Waals surface area (Å²) in [6.07, 6.45) is 1.16. The largest absolute Gasteiger partial charge is 0.493 e. The van der Waals surface area contributed by atoms with Crippen molar-refractivity contribution in [1.29, 1.82) is 0 Å². The maximum absolute atomic E-state index is 12.9. The predicted octanol–water partition coefficient (Wildman–Crippen LogP) is 3.65. The summed E-state index contributed by atoms with van der Waals surface area (Å²) in [4.78, 5) is 21.8.